The Labute approximate surface area is 191 Å². The summed E-state index contributed by atoms with van der Waals surface area (Å²) in [5.41, 5.74) is -2.14. The number of alkyl halides is 6. The van der Waals surface area contributed by atoms with E-state index < -0.39 is 29.2 Å². The molecule has 1 N–H and O–H groups in total. The number of anilines is 1. The summed E-state index contributed by atoms with van der Waals surface area (Å²) in [5.74, 6) is -0.152. The summed E-state index contributed by atoms with van der Waals surface area (Å²) in [5, 5.41) is 10.3. The maximum atomic E-state index is 13.1. The number of rotatable bonds is 8. The number of carbonyl (C=O) groups excluding carboxylic acids is 1. The van der Waals surface area contributed by atoms with Gasteiger partial charge in [-0.3, -0.25) is 4.79 Å². The Kier molecular flexibility index (Phi) is 7.63. The van der Waals surface area contributed by atoms with Crippen molar-refractivity contribution in [3.63, 3.8) is 0 Å². The molecule has 0 aliphatic rings. The highest BCUT2D eigenvalue weighted by molar-refractivity contribution is 5.91. The first-order valence-corrected chi connectivity index (χ1v) is 10.6. The van der Waals surface area contributed by atoms with Crippen LogP contribution in [0, 0.1) is 0 Å². The molecule has 0 saturated carbocycles. The van der Waals surface area contributed by atoms with Crippen LogP contribution in [0.15, 0.2) is 48.7 Å². The van der Waals surface area contributed by atoms with E-state index in [0.717, 1.165) is 30.4 Å². The molecule has 0 aliphatic carbocycles. The Morgan fingerprint density at radius 2 is 1.62 bits per heavy atom. The first kappa shape index (κ1) is 25.3. The fraction of sp³-hybridized carbons (Fsp3) is 0.348. The minimum atomic E-state index is -4.97. The van der Waals surface area contributed by atoms with Gasteiger partial charge in [0.2, 0.25) is 5.91 Å². The Hall–Kier alpha value is -3.37. The van der Waals surface area contributed by atoms with Crippen molar-refractivity contribution in [2.24, 2.45) is 0 Å². The second-order valence-corrected chi connectivity index (χ2v) is 7.75. The van der Waals surface area contributed by atoms with Crippen molar-refractivity contribution in [1.29, 1.82) is 0 Å². The number of hydrogen-bond donors (Lipinski definition) is 1. The fourth-order valence-corrected chi connectivity index (χ4v) is 3.29. The quantitative estimate of drug-likeness (QED) is 0.280. The van der Waals surface area contributed by atoms with Gasteiger partial charge in [-0.05, 0) is 36.8 Å². The molecular weight excluding hydrogens is 462 g/mol. The topological polar surface area (TPSA) is 59.8 Å². The Morgan fingerprint density at radius 1 is 0.941 bits per heavy atom. The van der Waals surface area contributed by atoms with Gasteiger partial charge in [-0.2, -0.15) is 26.3 Å². The normalized spacial score (nSPS) is 12.1. The lowest BCUT2D eigenvalue weighted by Crippen LogP contribution is -2.12. The van der Waals surface area contributed by atoms with Gasteiger partial charge in [-0.25, -0.2) is 4.68 Å². The van der Waals surface area contributed by atoms with E-state index in [4.69, 9.17) is 0 Å². The summed E-state index contributed by atoms with van der Waals surface area (Å²) < 4.78 is 79.7. The molecule has 182 valence electrons. The first-order valence-electron chi connectivity index (χ1n) is 10.6. The van der Waals surface area contributed by atoms with Gasteiger partial charge in [0, 0.05) is 17.7 Å². The van der Waals surface area contributed by atoms with Gasteiger partial charge in [-0.1, -0.05) is 43.5 Å². The molecule has 0 unspecified atom stereocenters. The van der Waals surface area contributed by atoms with Crippen LogP contribution in [0.4, 0.5) is 32.0 Å². The van der Waals surface area contributed by atoms with E-state index >= 15 is 0 Å². The molecule has 1 amide bonds. The maximum absolute atomic E-state index is 13.1. The third-order valence-electron chi connectivity index (χ3n) is 5.03. The van der Waals surface area contributed by atoms with Crippen LogP contribution in [0.2, 0.25) is 0 Å². The predicted molar refractivity (Wildman–Crippen MR) is 114 cm³/mol. The molecule has 11 heteroatoms. The first-order chi connectivity index (χ1) is 16.0. The lowest BCUT2D eigenvalue weighted by Gasteiger charge is -2.13. The lowest BCUT2D eigenvalue weighted by molar-refractivity contribution is -0.143. The highest BCUT2D eigenvalue weighted by Gasteiger charge is 2.37. The molecule has 0 atom stereocenters. The van der Waals surface area contributed by atoms with Crippen molar-refractivity contribution in [3.8, 4) is 16.9 Å². The van der Waals surface area contributed by atoms with Crippen LogP contribution in [-0.2, 0) is 17.1 Å². The molecule has 0 aliphatic heterocycles. The zero-order valence-corrected chi connectivity index (χ0v) is 18.2. The van der Waals surface area contributed by atoms with E-state index in [0.29, 0.717) is 29.8 Å². The zero-order chi connectivity index (χ0) is 24.9. The van der Waals surface area contributed by atoms with E-state index in [-0.39, 0.29) is 17.7 Å². The fourth-order valence-electron chi connectivity index (χ4n) is 3.29. The summed E-state index contributed by atoms with van der Waals surface area (Å²) in [7, 11) is 0. The number of hydrogen-bond acceptors (Lipinski definition) is 3. The SMILES string of the molecule is CCCCCCC(=O)Nc1cccc(-c2cn(-c3cc(C(F)(F)F)cc(C(F)(F)F)c3)nn2)c1. The monoisotopic (exact) mass is 484 g/mol. The number of unbranched alkanes of at least 4 members (excludes halogenated alkanes) is 3. The third kappa shape index (κ3) is 6.58. The number of halogens is 6. The van der Waals surface area contributed by atoms with Crippen molar-refractivity contribution >= 4 is 11.6 Å². The van der Waals surface area contributed by atoms with Crippen LogP contribution in [0.3, 0.4) is 0 Å². The molecule has 0 bridgehead atoms. The van der Waals surface area contributed by atoms with Crippen LogP contribution in [0.1, 0.15) is 50.2 Å². The van der Waals surface area contributed by atoms with Gasteiger partial charge in [0.15, 0.2) is 0 Å². The van der Waals surface area contributed by atoms with Crippen LogP contribution in [0.5, 0.6) is 0 Å². The van der Waals surface area contributed by atoms with Gasteiger partial charge < -0.3 is 5.32 Å². The molecule has 3 aromatic rings. The lowest BCUT2D eigenvalue weighted by atomic mass is 10.1. The number of nitrogens with zero attached hydrogens (tertiary/aromatic N) is 3. The standard InChI is InChI=1S/C23H22F6N4O/c1-2-3-4-5-9-21(34)30-18-8-6-7-15(10-18)20-14-33(32-31-20)19-12-16(22(24,25)26)11-17(13-19)23(27,28)29/h6-8,10-14H,2-5,9H2,1H3,(H,30,34). The molecule has 0 spiro atoms. The van der Waals surface area contributed by atoms with Crippen molar-refractivity contribution in [3.05, 3.63) is 59.8 Å². The Bertz CT molecular complexity index is 1100. The highest BCUT2D eigenvalue weighted by atomic mass is 19.4. The Morgan fingerprint density at radius 3 is 2.24 bits per heavy atom. The summed E-state index contributed by atoms with van der Waals surface area (Å²) >= 11 is 0. The van der Waals surface area contributed by atoms with Gasteiger partial charge in [0.05, 0.1) is 23.0 Å². The number of amides is 1. The van der Waals surface area contributed by atoms with E-state index in [1.165, 1.54) is 6.20 Å². The largest absolute Gasteiger partial charge is 0.416 e. The average Bonchev–Trinajstić information content (AvgIpc) is 3.26. The second-order valence-electron chi connectivity index (χ2n) is 7.75. The molecule has 0 saturated heterocycles. The van der Waals surface area contributed by atoms with E-state index in [2.05, 4.69) is 22.6 Å². The van der Waals surface area contributed by atoms with Gasteiger partial charge in [0.1, 0.15) is 5.69 Å². The smallest absolute Gasteiger partial charge is 0.326 e. The zero-order valence-electron chi connectivity index (χ0n) is 18.2. The molecule has 1 aromatic heterocycles. The highest BCUT2D eigenvalue weighted by Crippen LogP contribution is 2.37. The maximum Gasteiger partial charge on any atom is 0.416 e. The van der Waals surface area contributed by atoms with E-state index in [1.54, 1.807) is 24.3 Å². The van der Waals surface area contributed by atoms with Crippen molar-refractivity contribution in [2.45, 2.75) is 51.4 Å². The van der Waals surface area contributed by atoms with Crippen LogP contribution in [0.25, 0.3) is 16.9 Å². The number of aromatic nitrogens is 3. The van der Waals surface area contributed by atoms with Crippen LogP contribution >= 0.6 is 0 Å². The van der Waals surface area contributed by atoms with Gasteiger partial charge in [-0.15, -0.1) is 5.10 Å². The van der Waals surface area contributed by atoms with Gasteiger partial charge >= 0.3 is 12.4 Å². The molecule has 5 nitrogen and oxygen atoms in total. The minimum Gasteiger partial charge on any atom is -0.326 e. The Balaban J connectivity index is 1.83. The molecule has 0 fully saturated rings. The van der Waals surface area contributed by atoms with Crippen LogP contribution < -0.4 is 5.32 Å². The number of nitrogens with one attached hydrogen (secondary N) is 1. The minimum absolute atomic E-state index is 0.0513. The average molecular weight is 484 g/mol. The number of benzene rings is 2. The third-order valence-corrected chi connectivity index (χ3v) is 5.03. The molecule has 34 heavy (non-hydrogen) atoms. The van der Waals surface area contributed by atoms with Crippen molar-refractivity contribution < 1.29 is 31.1 Å². The van der Waals surface area contributed by atoms with E-state index in [1.807, 2.05) is 0 Å². The second kappa shape index (κ2) is 10.3. The summed E-state index contributed by atoms with van der Waals surface area (Å²) in [6.45, 7) is 2.07. The van der Waals surface area contributed by atoms with Crippen molar-refractivity contribution in [2.75, 3.05) is 5.32 Å². The summed E-state index contributed by atoms with van der Waals surface area (Å²) in [6, 6.07) is 7.75. The molecule has 0 radical (unpaired) electrons. The summed E-state index contributed by atoms with van der Waals surface area (Å²) in [4.78, 5) is 12.1. The number of carbonyl (C=O) groups is 1. The van der Waals surface area contributed by atoms with Crippen molar-refractivity contribution in [1.82, 2.24) is 15.0 Å². The van der Waals surface area contributed by atoms with E-state index in [9.17, 15) is 31.1 Å². The molecule has 2 aromatic carbocycles. The molecular formula is C23H22F6N4O. The van der Waals surface area contributed by atoms with Crippen LogP contribution in [-0.4, -0.2) is 20.9 Å². The molecule has 3 rings (SSSR count). The predicted octanol–water partition coefficient (Wildman–Crippen LogP) is 6.88. The van der Waals surface area contributed by atoms with Gasteiger partial charge in [0.25, 0.3) is 0 Å². The molecule has 1 heterocycles. The summed E-state index contributed by atoms with van der Waals surface area (Å²) in [6.07, 6.45) is -4.51.